The van der Waals surface area contributed by atoms with Crippen molar-refractivity contribution in [1.29, 1.82) is 0 Å². The van der Waals surface area contributed by atoms with Crippen molar-refractivity contribution < 1.29 is 13.2 Å². The van der Waals surface area contributed by atoms with E-state index in [1.54, 1.807) is 6.07 Å². The zero-order valence-corrected chi connectivity index (χ0v) is 10.4. The Labute approximate surface area is 109 Å². The van der Waals surface area contributed by atoms with Crippen LogP contribution in [0.4, 0.5) is 13.2 Å². The van der Waals surface area contributed by atoms with E-state index in [1.165, 1.54) is 6.07 Å². The van der Waals surface area contributed by atoms with Gasteiger partial charge in [-0.1, -0.05) is 42.0 Å². The van der Waals surface area contributed by atoms with Gasteiger partial charge in [0.1, 0.15) is 0 Å². The molecular formula is C15H14F3N. The fourth-order valence-corrected chi connectivity index (χ4v) is 1.96. The lowest BCUT2D eigenvalue weighted by atomic mass is 9.97. The molecule has 100 valence electrons. The molecule has 0 fully saturated rings. The smallest absolute Gasteiger partial charge is 0.320 e. The van der Waals surface area contributed by atoms with Crippen LogP contribution in [0.2, 0.25) is 0 Å². The molecule has 0 heterocycles. The molecule has 1 unspecified atom stereocenters. The molecule has 0 aliphatic heterocycles. The maximum absolute atomic E-state index is 12.7. The number of nitrogens with two attached hydrogens (primary N) is 1. The normalized spacial score (nSPS) is 13.3. The Morgan fingerprint density at radius 3 is 2.11 bits per heavy atom. The maximum atomic E-state index is 12.7. The molecule has 0 amide bonds. The molecule has 2 rings (SSSR count). The van der Waals surface area contributed by atoms with Crippen molar-refractivity contribution in [2.75, 3.05) is 0 Å². The Balaban J connectivity index is 2.37. The molecule has 0 radical (unpaired) electrons. The lowest BCUT2D eigenvalue weighted by Crippen LogP contribution is -2.13. The van der Waals surface area contributed by atoms with Crippen LogP contribution < -0.4 is 5.73 Å². The van der Waals surface area contributed by atoms with Gasteiger partial charge in [0.15, 0.2) is 0 Å². The Hall–Kier alpha value is -1.81. The van der Waals surface area contributed by atoms with Gasteiger partial charge in [-0.05, 0) is 30.2 Å². The van der Waals surface area contributed by atoms with Gasteiger partial charge in [-0.15, -0.1) is 0 Å². The van der Waals surface area contributed by atoms with E-state index in [0.717, 1.165) is 23.3 Å². The summed E-state index contributed by atoms with van der Waals surface area (Å²) in [6.45, 7) is 1.92. The van der Waals surface area contributed by atoms with E-state index in [4.69, 9.17) is 5.73 Å². The van der Waals surface area contributed by atoms with Gasteiger partial charge in [0.25, 0.3) is 0 Å². The Morgan fingerprint density at radius 2 is 1.53 bits per heavy atom. The second kappa shape index (κ2) is 5.05. The fourth-order valence-electron chi connectivity index (χ4n) is 1.96. The highest BCUT2D eigenvalue weighted by atomic mass is 19.4. The summed E-state index contributed by atoms with van der Waals surface area (Å²) in [6.07, 6.45) is -4.34. The second-order valence-corrected chi connectivity index (χ2v) is 4.52. The summed E-state index contributed by atoms with van der Waals surface area (Å²) in [5.41, 5.74) is 7.65. The molecule has 2 aromatic rings. The van der Waals surface area contributed by atoms with Gasteiger partial charge in [-0.25, -0.2) is 0 Å². The minimum atomic E-state index is -4.34. The molecule has 1 atom stereocenters. The number of hydrogen-bond acceptors (Lipinski definition) is 1. The summed E-state index contributed by atoms with van der Waals surface area (Å²) < 4.78 is 38.0. The van der Waals surface area contributed by atoms with Crippen molar-refractivity contribution in [1.82, 2.24) is 0 Å². The second-order valence-electron chi connectivity index (χ2n) is 4.52. The average molecular weight is 265 g/mol. The first-order valence-electron chi connectivity index (χ1n) is 5.87. The molecule has 4 heteroatoms. The van der Waals surface area contributed by atoms with Crippen LogP contribution in [0.1, 0.15) is 28.3 Å². The average Bonchev–Trinajstić information content (AvgIpc) is 2.37. The molecule has 0 spiro atoms. The van der Waals surface area contributed by atoms with Crippen LogP contribution in [0.3, 0.4) is 0 Å². The lowest BCUT2D eigenvalue weighted by molar-refractivity contribution is -0.137. The molecule has 0 aromatic heterocycles. The van der Waals surface area contributed by atoms with Crippen LogP contribution in [0, 0.1) is 6.92 Å². The van der Waals surface area contributed by atoms with Gasteiger partial charge in [0.05, 0.1) is 11.6 Å². The van der Waals surface area contributed by atoms with E-state index in [9.17, 15) is 13.2 Å². The van der Waals surface area contributed by atoms with Gasteiger partial charge in [-0.3, -0.25) is 0 Å². The number of hydrogen-bond donors (Lipinski definition) is 1. The summed E-state index contributed by atoms with van der Waals surface area (Å²) in [4.78, 5) is 0. The molecule has 1 nitrogen and oxygen atoms in total. The van der Waals surface area contributed by atoms with E-state index in [-0.39, 0.29) is 0 Å². The molecule has 19 heavy (non-hydrogen) atoms. The van der Waals surface area contributed by atoms with Crippen molar-refractivity contribution >= 4 is 0 Å². The monoisotopic (exact) mass is 265 g/mol. The van der Waals surface area contributed by atoms with Crippen LogP contribution >= 0.6 is 0 Å². The molecule has 2 aromatic carbocycles. The minimum absolute atomic E-state index is 0.459. The van der Waals surface area contributed by atoms with E-state index in [2.05, 4.69) is 0 Å². The molecule has 0 saturated carbocycles. The lowest BCUT2D eigenvalue weighted by Gasteiger charge is -2.15. The van der Waals surface area contributed by atoms with Crippen molar-refractivity contribution in [2.24, 2.45) is 5.73 Å². The molecule has 0 aliphatic rings. The third kappa shape index (κ3) is 3.15. The predicted octanol–water partition coefficient (Wildman–Crippen LogP) is 4.06. The molecule has 0 saturated heterocycles. The quantitative estimate of drug-likeness (QED) is 0.870. The van der Waals surface area contributed by atoms with Gasteiger partial charge < -0.3 is 5.73 Å². The zero-order valence-electron chi connectivity index (χ0n) is 10.4. The SMILES string of the molecule is Cc1cccc(C(N)c2cccc(C(F)(F)F)c2)c1. The summed E-state index contributed by atoms with van der Waals surface area (Å²) >= 11 is 0. The third-order valence-corrected chi connectivity index (χ3v) is 2.97. The first-order valence-corrected chi connectivity index (χ1v) is 5.87. The van der Waals surface area contributed by atoms with E-state index < -0.39 is 17.8 Å². The fraction of sp³-hybridized carbons (Fsp3) is 0.200. The van der Waals surface area contributed by atoms with E-state index in [0.29, 0.717) is 5.56 Å². The summed E-state index contributed by atoms with van der Waals surface area (Å²) in [5.74, 6) is 0. The van der Waals surface area contributed by atoms with E-state index in [1.807, 2.05) is 31.2 Å². The molecular weight excluding hydrogens is 251 g/mol. The largest absolute Gasteiger partial charge is 0.416 e. The standard InChI is InChI=1S/C15H14F3N/c1-10-4-2-5-11(8-10)14(19)12-6-3-7-13(9-12)15(16,17)18/h2-9,14H,19H2,1H3. The first kappa shape index (κ1) is 13.6. The molecule has 0 aliphatic carbocycles. The molecule has 2 N–H and O–H groups in total. The van der Waals surface area contributed by atoms with E-state index >= 15 is 0 Å². The van der Waals surface area contributed by atoms with Gasteiger partial charge in [0.2, 0.25) is 0 Å². The van der Waals surface area contributed by atoms with Crippen molar-refractivity contribution in [3.05, 3.63) is 70.8 Å². The van der Waals surface area contributed by atoms with Crippen molar-refractivity contribution in [3.8, 4) is 0 Å². The summed E-state index contributed by atoms with van der Waals surface area (Å²) in [7, 11) is 0. The van der Waals surface area contributed by atoms with Crippen LogP contribution in [0.25, 0.3) is 0 Å². The highest BCUT2D eigenvalue weighted by Gasteiger charge is 2.30. The zero-order chi connectivity index (χ0) is 14.0. The highest BCUT2D eigenvalue weighted by Crippen LogP contribution is 2.31. The topological polar surface area (TPSA) is 26.0 Å². The highest BCUT2D eigenvalue weighted by molar-refractivity contribution is 5.36. The minimum Gasteiger partial charge on any atom is -0.320 e. The van der Waals surface area contributed by atoms with Crippen molar-refractivity contribution in [3.63, 3.8) is 0 Å². The first-order chi connectivity index (χ1) is 8.88. The predicted molar refractivity (Wildman–Crippen MR) is 68.7 cm³/mol. The number of benzene rings is 2. The number of alkyl halides is 3. The summed E-state index contributed by atoms with van der Waals surface area (Å²) in [5, 5.41) is 0. The van der Waals surface area contributed by atoms with Gasteiger partial charge in [-0.2, -0.15) is 13.2 Å². The number of rotatable bonds is 2. The van der Waals surface area contributed by atoms with Crippen LogP contribution in [-0.2, 0) is 6.18 Å². The Morgan fingerprint density at radius 1 is 0.947 bits per heavy atom. The Kier molecular flexibility index (Phi) is 3.62. The Bertz CT molecular complexity index is 576. The molecule has 0 bridgehead atoms. The van der Waals surface area contributed by atoms with Crippen LogP contribution in [0.15, 0.2) is 48.5 Å². The maximum Gasteiger partial charge on any atom is 0.416 e. The summed E-state index contributed by atoms with van der Waals surface area (Å²) in [6, 6.07) is 12.1. The van der Waals surface area contributed by atoms with Crippen molar-refractivity contribution in [2.45, 2.75) is 19.1 Å². The van der Waals surface area contributed by atoms with Crippen LogP contribution in [0.5, 0.6) is 0 Å². The number of halogens is 3. The van der Waals surface area contributed by atoms with Gasteiger partial charge in [0, 0.05) is 0 Å². The van der Waals surface area contributed by atoms with Gasteiger partial charge >= 0.3 is 6.18 Å². The third-order valence-electron chi connectivity index (χ3n) is 2.97. The van der Waals surface area contributed by atoms with Crippen LogP contribution in [-0.4, -0.2) is 0 Å². The number of aryl methyl sites for hydroxylation is 1.